The molecule has 0 saturated carbocycles. The van der Waals surface area contributed by atoms with E-state index in [1.807, 2.05) is 13.8 Å². The molecule has 0 fully saturated rings. The monoisotopic (exact) mass is 432 g/mol. The van der Waals surface area contributed by atoms with Gasteiger partial charge >= 0.3 is 6.18 Å². The molecule has 3 heterocycles. The van der Waals surface area contributed by atoms with Crippen molar-refractivity contribution in [1.29, 1.82) is 0 Å². The number of carbonyl (C=O) groups excluding carboxylic acids is 1. The van der Waals surface area contributed by atoms with Crippen LogP contribution >= 0.6 is 34.7 Å². The van der Waals surface area contributed by atoms with Crippen molar-refractivity contribution in [3.05, 3.63) is 39.6 Å². The SMILES string of the molecule is Cc1sc2ncnc(SCC(=O)Nc3ncc(C(F)(F)F)cc3Cl)c2c1C. The first-order chi connectivity index (χ1) is 12.7. The molecular weight excluding hydrogens is 421 g/mol. The lowest BCUT2D eigenvalue weighted by Crippen LogP contribution is -2.16. The van der Waals surface area contributed by atoms with E-state index in [1.54, 1.807) is 11.3 Å². The van der Waals surface area contributed by atoms with Crippen LogP contribution in [-0.2, 0) is 11.0 Å². The molecule has 0 spiro atoms. The van der Waals surface area contributed by atoms with Crippen LogP contribution in [0.25, 0.3) is 10.2 Å². The molecule has 1 amide bonds. The van der Waals surface area contributed by atoms with Crippen LogP contribution in [0.15, 0.2) is 23.6 Å². The molecular formula is C16H12ClF3N4OS2. The maximum atomic E-state index is 12.6. The first kappa shape index (κ1) is 19.8. The van der Waals surface area contributed by atoms with E-state index in [0.717, 1.165) is 26.7 Å². The van der Waals surface area contributed by atoms with Gasteiger partial charge in [0.2, 0.25) is 5.91 Å². The fourth-order valence-corrected chi connectivity index (χ4v) is 4.38. The first-order valence-electron chi connectivity index (χ1n) is 7.53. The second kappa shape index (κ2) is 7.61. The van der Waals surface area contributed by atoms with Crippen LogP contribution in [0, 0.1) is 13.8 Å². The highest BCUT2D eigenvalue weighted by molar-refractivity contribution is 8.00. The number of anilines is 1. The Balaban J connectivity index is 1.71. The van der Waals surface area contributed by atoms with E-state index in [1.165, 1.54) is 18.1 Å². The molecule has 0 aromatic carbocycles. The molecule has 1 N–H and O–H groups in total. The number of aryl methyl sites for hydroxylation is 2. The van der Waals surface area contributed by atoms with Gasteiger partial charge in [-0.1, -0.05) is 23.4 Å². The van der Waals surface area contributed by atoms with Crippen molar-refractivity contribution in [3.8, 4) is 0 Å². The maximum absolute atomic E-state index is 12.6. The summed E-state index contributed by atoms with van der Waals surface area (Å²) in [6.45, 7) is 3.95. The highest BCUT2D eigenvalue weighted by Gasteiger charge is 2.31. The summed E-state index contributed by atoms with van der Waals surface area (Å²) in [5, 5.41) is 3.71. The van der Waals surface area contributed by atoms with Crippen molar-refractivity contribution in [3.63, 3.8) is 0 Å². The van der Waals surface area contributed by atoms with Crippen molar-refractivity contribution >= 4 is 56.6 Å². The molecule has 0 saturated heterocycles. The minimum Gasteiger partial charge on any atom is -0.309 e. The second-order valence-corrected chi connectivity index (χ2v) is 8.11. The minimum absolute atomic E-state index is 0.000517. The average Bonchev–Trinajstić information content (AvgIpc) is 2.89. The summed E-state index contributed by atoms with van der Waals surface area (Å²) in [6, 6.07) is 0.725. The molecule has 0 bridgehead atoms. The molecule has 142 valence electrons. The number of alkyl halides is 3. The molecule has 5 nitrogen and oxygen atoms in total. The number of thiophene rings is 1. The Hall–Kier alpha value is -1.91. The summed E-state index contributed by atoms with van der Waals surface area (Å²) in [5.74, 6) is -0.573. The maximum Gasteiger partial charge on any atom is 0.417 e. The zero-order valence-electron chi connectivity index (χ0n) is 14.0. The van der Waals surface area contributed by atoms with Gasteiger partial charge in [0.05, 0.1) is 16.3 Å². The third-order valence-corrected chi connectivity index (χ3v) is 6.09. The van der Waals surface area contributed by atoms with Gasteiger partial charge in [0.1, 0.15) is 16.2 Å². The molecule has 3 aromatic heterocycles. The van der Waals surface area contributed by atoms with Gasteiger partial charge in [0, 0.05) is 16.5 Å². The third-order valence-electron chi connectivity index (χ3n) is 3.70. The van der Waals surface area contributed by atoms with Gasteiger partial charge in [-0.25, -0.2) is 15.0 Å². The highest BCUT2D eigenvalue weighted by atomic mass is 35.5. The van der Waals surface area contributed by atoms with Gasteiger partial charge in [0.25, 0.3) is 0 Å². The molecule has 3 rings (SSSR count). The van der Waals surface area contributed by atoms with Crippen molar-refractivity contribution in [2.75, 3.05) is 11.1 Å². The first-order valence-corrected chi connectivity index (χ1v) is 9.71. The number of pyridine rings is 1. The van der Waals surface area contributed by atoms with Crippen LogP contribution < -0.4 is 5.32 Å². The van der Waals surface area contributed by atoms with Crippen molar-refractivity contribution in [1.82, 2.24) is 15.0 Å². The van der Waals surface area contributed by atoms with Gasteiger partial charge in [-0.2, -0.15) is 13.2 Å². The zero-order chi connectivity index (χ0) is 19.8. The fourth-order valence-electron chi connectivity index (χ4n) is 2.25. The van der Waals surface area contributed by atoms with E-state index in [4.69, 9.17) is 11.6 Å². The van der Waals surface area contributed by atoms with Crippen LogP contribution in [-0.4, -0.2) is 26.6 Å². The van der Waals surface area contributed by atoms with Gasteiger partial charge in [0.15, 0.2) is 5.82 Å². The number of nitrogens with zero attached hydrogens (tertiary/aromatic N) is 3. The summed E-state index contributed by atoms with van der Waals surface area (Å²) in [7, 11) is 0. The lowest BCUT2D eigenvalue weighted by atomic mass is 10.2. The normalized spacial score (nSPS) is 11.8. The topological polar surface area (TPSA) is 67.8 Å². The summed E-state index contributed by atoms with van der Waals surface area (Å²) in [5.41, 5.74) is 0.0810. The van der Waals surface area contributed by atoms with E-state index in [-0.39, 0.29) is 16.6 Å². The van der Waals surface area contributed by atoms with Crippen LogP contribution in [0.3, 0.4) is 0 Å². The van der Waals surface area contributed by atoms with Gasteiger partial charge < -0.3 is 5.32 Å². The predicted octanol–water partition coefficient (Wildman–Crippen LogP) is 5.11. The smallest absolute Gasteiger partial charge is 0.309 e. The van der Waals surface area contributed by atoms with Crippen LogP contribution in [0.1, 0.15) is 16.0 Å². The number of hydrogen-bond acceptors (Lipinski definition) is 6. The van der Waals surface area contributed by atoms with Crippen LogP contribution in [0.2, 0.25) is 5.02 Å². The molecule has 11 heteroatoms. The summed E-state index contributed by atoms with van der Waals surface area (Å²) in [4.78, 5) is 26.2. The Morgan fingerprint density at radius 2 is 2.04 bits per heavy atom. The molecule has 0 aliphatic rings. The molecule has 27 heavy (non-hydrogen) atoms. The quantitative estimate of drug-likeness (QED) is 0.458. The summed E-state index contributed by atoms with van der Waals surface area (Å²) < 4.78 is 37.9. The molecule has 0 atom stereocenters. The second-order valence-electron chi connectivity index (χ2n) is 5.53. The standard InChI is InChI=1S/C16H12ClF3N4OS2/c1-7-8(2)27-15-12(7)14(22-6-23-15)26-5-11(25)24-13-10(17)3-9(4-21-13)16(18,19)20/h3-4,6H,5H2,1-2H3,(H,21,24,25). The Labute approximate surface area is 165 Å². The Kier molecular flexibility index (Phi) is 5.59. The summed E-state index contributed by atoms with van der Waals surface area (Å²) >= 11 is 8.56. The largest absolute Gasteiger partial charge is 0.417 e. The van der Waals surface area contributed by atoms with Gasteiger partial charge in [-0.15, -0.1) is 11.3 Å². The fraction of sp³-hybridized carbons (Fsp3) is 0.250. The van der Waals surface area contributed by atoms with E-state index in [9.17, 15) is 18.0 Å². The van der Waals surface area contributed by atoms with Crippen molar-refractivity contribution < 1.29 is 18.0 Å². The van der Waals surface area contributed by atoms with Gasteiger partial charge in [-0.05, 0) is 25.5 Å². The van der Waals surface area contributed by atoms with Crippen LogP contribution in [0.4, 0.5) is 19.0 Å². The van der Waals surface area contributed by atoms with E-state index < -0.39 is 17.6 Å². The third kappa shape index (κ3) is 4.33. The average molecular weight is 433 g/mol. The number of aromatic nitrogens is 3. The Morgan fingerprint density at radius 3 is 2.70 bits per heavy atom. The van der Waals surface area contributed by atoms with Gasteiger partial charge in [-0.3, -0.25) is 4.79 Å². The lowest BCUT2D eigenvalue weighted by molar-refractivity contribution is -0.137. The summed E-state index contributed by atoms with van der Waals surface area (Å²) in [6.07, 6.45) is -2.49. The number of rotatable bonds is 4. The number of fused-ring (bicyclic) bond motifs is 1. The molecule has 0 aliphatic carbocycles. The number of amides is 1. The Morgan fingerprint density at radius 1 is 1.30 bits per heavy atom. The predicted molar refractivity (Wildman–Crippen MR) is 100 cm³/mol. The number of hydrogen-bond donors (Lipinski definition) is 1. The van der Waals surface area contributed by atoms with E-state index >= 15 is 0 Å². The number of thioether (sulfide) groups is 1. The molecule has 3 aromatic rings. The number of nitrogens with one attached hydrogen (secondary N) is 1. The number of carbonyl (C=O) groups is 1. The van der Waals surface area contributed by atoms with Crippen molar-refractivity contribution in [2.45, 2.75) is 25.0 Å². The molecule has 0 unspecified atom stereocenters. The highest BCUT2D eigenvalue weighted by Crippen LogP contribution is 2.35. The van der Waals surface area contributed by atoms with E-state index in [2.05, 4.69) is 20.3 Å². The lowest BCUT2D eigenvalue weighted by Gasteiger charge is -2.10. The van der Waals surface area contributed by atoms with Crippen molar-refractivity contribution in [2.24, 2.45) is 0 Å². The zero-order valence-corrected chi connectivity index (χ0v) is 16.4. The Bertz CT molecular complexity index is 1020. The molecule has 0 aliphatic heterocycles. The minimum atomic E-state index is -4.55. The van der Waals surface area contributed by atoms with E-state index in [0.29, 0.717) is 11.2 Å². The number of halogens is 4. The molecule has 0 radical (unpaired) electrons. The van der Waals surface area contributed by atoms with Crippen LogP contribution in [0.5, 0.6) is 0 Å².